The van der Waals surface area contributed by atoms with E-state index < -0.39 is 11.9 Å². The van der Waals surface area contributed by atoms with Gasteiger partial charge >= 0.3 is 5.97 Å². The van der Waals surface area contributed by atoms with Gasteiger partial charge in [-0.05, 0) is 33.3 Å². The molecular weight excluding hydrogens is 317 g/mol. The number of likely N-dealkylation sites (tertiary alicyclic amines) is 1. The Balaban J connectivity index is 0.00000200. The van der Waals surface area contributed by atoms with E-state index in [-0.39, 0.29) is 36.8 Å². The van der Waals surface area contributed by atoms with Gasteiger partial charge in [0, 0.05) is 18.8 Å². The van der Waals surface area contributed by atoms with Crippen molar-refractivity contribution in [1.29, 1.82) is 0 Å². The Bertz CT molecular complexity index is 519. The molecule has 0 spiro atoms. The van der Waals surface area contributed by atoms with Crippen molar-refractivity contribution in [3.05, 3.63) is 17.5 Å². The molecule has 0 saturated carbocycles. The van der Waals surface area contributed by atoms with Crippen LogP contribution in [0.2, 0.25) is 0 Å². The van der Waals surface area contributed by atoms with Crippen LogP contribution in [0, 0.1) is 19.8 Å². The van der Waals surface area contributed by atoms with Crippen molar-refractivity contribution in [3.63, 3.8) is 0 Å². The molecule has 2 atom stereocenters. The molecule has 1 N–H and O–H groups in total. The van der Waals surface area contributed by atoms with Crippen LogP contribution in [0.1, 0.15) is 30.8 Å². The lowest BCUT2D eigenvalue weighted by Crippen LogP contribution is -2.36. The topological polar surface area (TPSA) is 75.4 Å². The molecule has 1 aliphatic heterocycles. The maximum atomic E-state index is 12.3. The van der Waals surface area contributed by atoms with E-state index in [1.54, 1.807) is 16.5 Å². The number of aromatic nitrogens is 2. The highest BCUT2D eigenvalue weighted by molar-refractivity contribution is 5.85. The Morgan fingerprint density at radius 3 is 2.43 bits per heavy atom. The Kier molecular flexibility index (Phi) is 7.19. The Labute approximate surface area is 136 Å². The fourth-order valence-electron chi connectivity index (χ4n) is 2.57. The zero-order chi connectivity index (χ0) is 14.2. The summed E-state index contributed by atoms with van der Waals surface area (Å²) in [6, 6.07) is 1.54. The molecule has 1 amide bonds. The quantitative estimate of drug-likeness (QED) is 0.912. The lowest BCUT2D eigenvalue weighted by Gasteiger charge is -2.21. The van der Waals surface area contributed by atoms with Crippen molar-refractivity contribution >= 4 is 36.7 Å². The van der Waals surface area contributed by atoms with Crippen LogP contribution in [0.5, 0.6) is 0 Å². The van der Waals surface area contributed by atoms with Crippen LogP contribution in [0.4, 0.5) is 0 Å². The predicted molar refractivity (Wildman–Crippen MR) is 83.2 cm³/mol. The molecule has 2 rings (SSSR count). The first-order valence-corrected chi connectivity index (χ1v) is 6.44. The third kappa shape index (κ3) is 4.11. The number of halogens is 2. The highest BCUT2D eigenvalue weighted by atomic mass is 35.5. The molecule has 1 aromatic heterocycles. The van der Waals surface area contributed by atoms with E-state index in [9.17, 15) is 9.59 Å². The van der Waals surface area contributed by atoms with E-state index in [0.29, 0.717) is 19.5 Å². The number of amides is 1. The highest BCUT2D eigenvalue weighted by Gasteiger charge is 2.33. The van der Waals surface area contributed by atoms with Gasteiger partial charge in [-0.15, -0.1) is 24.8 Å². The standard InChI is InChI=1S/C13H19N3O3.2ClH/c1-8-6-9(2)16(14-8)10(3)12(17)15-5-4-11(7-15)13(18)19;;/h6,10-11H,4-5,7H2,1-3H3,(H,18,19);2*1H. The molecule has 1 fully saturated rings. The van der Waals surface area contributed by atoms with Crippen molar-refractivity contribution in [2.24, 2.45) is 5.92 Å². The fourth-order valence-corrected chi connectivity index (χ4v) is 2.57. The fraction of sp³-hybridized carbons (Fsp3) is 0.615. The number of carbonyl (C=O) groups is 2. The number of carboxylic acid groups (broad SMARTS) is 1. The molecule has 120 valence electrons. The van der Waals surface area contributed by atoms with Gasteiger partial charge in [0.25, 0.3) is 0 Å². The number of nitrogens with zero attached hydrogens (tertiary/aromatic N) is 3. The summed E-state index contributed by atoms with van der Waals surface area (Å²) >= 11 is 0. The molecule has 1 aromatic rings. The largest absolute Gasteiger partial charge is 0.481 e. The number of carbonyl (C=O) groups excluding carboxylic acids is 1. The second-order valence-electron chi connectivity index (χ2n) is 5.16. The summed E-state index contributed by atoms with van der Waals surface area (Å²) < 4.78 is 1.70. The zero-order valence-corrected chi connectivity index (χ0v) is 13.9. The third-order valence-electron chi connectivity index (χ3n) is 3.62. The first-order chi connectivity index (χ1) is 8.90. The zero-order valence-electron chi connectivity index (χ0n) is 12.3. The van der Waals surface area contributed by atoms with Gasteiger partial charge in [-0.3, -0.25) is 14.3 Å². The summed E-state index contributed by atoms with van der Waals surface area (Å²) in [4.78, 5) is 24.9. The van der Waals surface area contributed by atoms with Crippen LogP contribution in [0.25, 0.3) is 0 Å². The van der Waals surface area contributed by atoms with E-state index in [0.717, 1.165) is 11.4 Å². The minimum Gasteiger partial charge on any atom is -0.481 e. The molecule has 0 radical (unpaired) electrons. The SMILES string of the molecule is Cc1cc(C)n(C(C)C(=O)N2CCC(C(=O)O)C2)n1.Cl.Cl. The van der Waals surface area contributed by atoms with E-state index in [1.807, 2.05) is 19.9 Å². The Morgan fingerprint density at radius 2 is 2.00 bits per heavy atom. The molecule has 1 aliphatic rings. The van der Waals surface area contributed by atoms with E-state index >= 15 is 0 Å². The molecule has 0 aromatic carbocycles. The second-order valence-corrected chi connectivity index (χ2v) is 5.16. The average molecular weight is 338 g/mol. The van der Waals surface area contributed by atoms with Gasteiger partial charge in [-0.25, -0.2) is 0 Å². The van der Waals surface area contributed by atoms with Crippen LogP contribution >= 0.6 is 24.8 Å². The highest BCUT2D eigenvalue weighted by Crippen LogP contribution is 2.21. The van der Waals surface area contributed by atoms with Crippen LogP contribution in [-0.4, -0.2) is 44.8 Å². The Hall–Kier alpha value is -1.27. The lowest BCUT2D eigenvalue weighted by atomic mass is 10.1. The van der Waals surface area contributed by atoms with Gasteiger partial charge in [0.15, 0.2) is 0 Å². The minimum absolute atomic E-state index is 0. The van der Waals surface area contributed by atoms with Crippen molar-refractivity contribution in [1.82, 2.24) is 14.7 Å². The molecule has 6 nitrogen and oxygen atoms in total. The van der Waals surface area contributed by atoms with Gasteiger partial charge in [-0.2, -0.15) is 5.10 Å². The molecule has 1 saturated heterocycles. The second kappa shape index (κ2) is 7.66. The molecule has 0 bridgehead atoms. The molecular formula is C13H21Cl2N3O3. The summed E-state index contributed by atoms with van der Waals surface area (Å²) in [6.45, 7) is 6.41. The lowest BCUT2D eigenvalue weighted by molar-refractivity contribution is -0.141. The minimum atomic E-state index is -0.825. The van der Waals surface area contributed by atoms with E-state index in [4.69, 9.17) is 5.11 Å². The van der Waals surface area contributed by atoms with Crippen molar-refractivity contribution in [3.8, 4) is 0 Å². The van der Waals surface area contributed by atoms with Crippen LogP contribution in [-0.2, 0) is 9.59 Å². The van der Waals surface area contributed by atoms with Gasteiger partial charge in [0.2, 0.25) is 5.91 Å². The Morgan fingerprint density at radius 1 is 1.38 bits per heavy atom. The summed E-state index contributed by atoms with van der Waals surface area (Å²) in [5.74, 6) is -1.32. The van der Waals surface area contributed by atoms with Crippen LogP contribution in [0.3, 0.4) is 0 Å². The van der Waals surface area contributed by atoms with Crippen molar-refractivity contribution in [2.45, 2.75) is 33.2 Å². The van der Waals surface area contributed by atoms with Crippen molar-refractivity contribution in [2.75, 3.05) is 13.1 Å². The number of aliphatic carboxylic acids is 1. The third-order valence-corrected chi connectivity index (χ3v) is 3.62. The van der Waals surface area contributed by atoms with Crippen molar-refractivity contribution < 1.29 is 14.7 Å². The van der Waals surface area contributed by atoms with E-state index in [1.165, 1.54) is 0 Å². The number of carboxylic acids is 1. The van der Waals surface area contributed by atoms with Crippen LogP contribution < -0.4 is 0 Å². The number of rotatable bonds is 3. The van der Waals surface area contributed by atoms with Crippen LogP contribution in [0.15, 0.2) is 6.07 Å². The summed E-state index contributed by atoms with van der Waals surface area (Å²) in [5, 5.41) is 13.3. The molecule has 21 heavy (non-hydrogen) atoms. The maximum absolute atomic E-state index is 12.3. The van der Waals surface area contributed by atoms with Gasteiger partial charge in [0.05, 0.1) is 11.6 Å². The summed E-state index contributed by atoms with van der Waals surface area (Å²) in [5.41, 5.74) is 1.81. The average Bonchev–Trinajstić information content (AvgIpc) is 2.94. The smallest absolute Gasteiger partial charge is 0.308 e. The maximum Gasteiger partial charge on any atom is 0.308 e. The number of hydrogen-bond acceptors (Lipinski definition) is 3. The molecule has 8 heteroatoms. The molecule has 2 unspecified atom stereocenters. The first kappa shape index (κ1) is 19.7. The molecule has 2 heterocycles. The molecule has 0 aliphatic carbocycles. The van der Waals surface area contributed by atoms with Gasteiger partial charge in [0.1, 0.15) is 6.04 Å². The number of aryl methyl sites for hydroxylation is 2. The summed E-state index contributed by atoms with van der Waals surface area (Å²) in [6.07, 6.45) is 0.533. The normalized spacial score (nSPS) is 18.6. The first-order valence-electron chi connectivity index (χ1n) is 6.44. The number of hydrogen-bond donors (Lipinski definition) is 1. The predicted octanol–water partition coefficient (Wildman–Crippen LogP) is 1.84. The monoisotopic (exact) mass is 337 g/mol. The van der Waals surface area contributed by atoms with Gasteiger partial charge in [-0.1, -0.05) is 0 Å². The van der Waals surface area contributed by atoms with E-state index in [2.05, 4.69) is 5.10 Å². The summed E-state index contributed by atoms with van der Waals surface area (Å²) in [7, 11) is 0. The van der Waals surface area contributed by atoms with Gasteiger partial charge < -0.3 is 10.0 Å².